The van der Waals surface area contributed by atoms with Crippen LogP contribution >= 0.6 is 12.4 Å². The molecule has 1 fully saturated rings. The molecule has 1 aliphatic rings. The molecule has 2 rings (SSSR count). The van der Waals surface area contributed by atoms with Gasteiger partial charge in [0.1, 0.15) is 5.75 Å². The smallest absolute Gasteiger partial charge is 0.243 e. The fraction of sp³-hybridized carbons (Fsp3) is 0.625. The molecular weight excluding hydrogens is 336 g/mol. The average Bonchev–Trinajstić information content (AvgIpc) is 2.48. The van der Waals surface area contributed by atoms with Gasteiger partial charge in [0.05, 0.1) is 11.5 Å². The topological polar surface area (TPSA) is 72.6 Å². The van der Waals surface area contributed by atoms with E-state index in [4.69, 9.17) is 10.5 Å². The molecular formula is C16H27ClN2O3S. The predicted octanol–water partition coefficient (Wildman–Crippen LogP) is 2.65. The lowest BCUT2D eigenvalue weighted by molar-refractivity contribution is 0.289. The van der Waals surface area contributed by atoms with Crippen LogP contribution < -0.4 is 10.5 Å². The number of nitrogens with zero attached hydrogens (tertiary/aromatic N) is 1. The third kappa shape index (κ3) is 5.64. The van der Waals surface area contributed by atoms with Crippen LogP contribution in [0.3, 0.4) is 0 Å². The predicted molar refractivity (Wildman–Crippen MR) is 94.6 cm³/mol. The van der Waals surface area contributed by atoms with E-state index in [1.54, 1.807) is 24.3 Å². The molecule has 5 nitrogen and oxygen atoms in total. The van der Waals surface area contributed by atoms with Gasteiger partial charge in [-0.1, -0.05) is 13.8 Å². The van der Waals surface area contributed by atoms with Gasteiger partial charge < -0.3 is 10.5 Å². The summed E-state index contributed by atoms with van der Waals surface area (Å²) in [6, 6.07) is 6.80. The van der Waals surface area contributed by atoms with E-state index in [9.17, 15) is 8.42 Å². The lowest BCUT2D eigenvalue weighted by atomic mass is 10.1. The summed E-state index contributed by atoms with van der Waals surface area (Å²) in [5.74, 6) is 1.30. The van der Waals surface area contributed by atoms with Crippen LogP contribution in [0.1, 0.15) is 33.1 Å². The molecule has 0 amide bonds. The largest absolute Gasteiger partial charge is 0.494 e. The van der Waals surface area contributed by atoms with Crippen LogP contribution in [0.25, 0.3) is 0 Å². The second-order valence-electron chi connectivity index (χ2n) is 6.24. The minimum atomic E-state index is -3.41. The van der Waals surface area contributed by atoms with Gasteiger partial charge in [-0.25, -0.2) is 8.42 Å². The summed E-state index contributed by atoms with van der Waals surface area (Å²) in [4.78, 5) is 0.319. The Hall–Kier alpha value is -0.820. The van der Waals surface area contributed by atoms with Gasteiger partial charge in [-0.05, 0) is 49.4 Å². The maximum absolute atomic E-state index is 12.6. The van der Waals surface area contributed by atoms with Gasteiger partial charge in [-0.3, -0.25) is 0 Å². The number of ether oxygens (including phenoxy) is 1. The van der Waals surface area contributed by atoms with Crippen molar-refractivity contribution in [3.05, 3.63) is 24.3 Å². The van der Waals surface area contributed by atoms with Gasteiger partial charge in [0.15, 0.2) is 0 Å². The molecule has 0 atom stereocenters. The van der Waals surface area contributed by atoms with Crippen LogP contribution in [-0.2, 0) is 10.0 Å². The first kappa shape index (κ1) is 20.2. The summed E-state index contributed by atoms with van der Waals surface area (Å²) in [6.07, 6.45) is 2.42. The zero-order valence-electron chi connectivity index (χ0n) is 13.8. The highest BCUT2D eigenvalue weighted by Gasteiger charge is 2.28. The number of halogens is 1. The van der Waals surface area contributed by atoms with Crippen LogP contribution in [0.15, 0.2) is 29.2 Å². The Kier molecular flexibility index (Phi) is 7.80. The molecule has 2 N–H and O–H groups in total. The second-order valence-corrected chi connectivity index (χ2v) is 8.18. The highest BCUT2D eigenvalue weighted by Crippen LogP contribution is 2.22. The van der Waals surface area contributed by atoms with E-state index in [1.165, 1.54) is 4.31 Å². The summed E-state index contributed by atoms with van der Waals surface area (Å²) >= 11 is 0. The number of benzene rings is 1. The highest BCUT2D eigenvalue weighted by atomic mass is 35.5. The van der Waals surface area contributed by atoms with Gasteiger partial charge in [-0.2, -0.15) is 4.31 Å². The lowest BCUT2D eigenvalue weighted by Gasteiger charge is -2.29. The van der Waals surface area contributed by atoms with Crippen molar-refractivity contribution in [1.82, 2.24) is 4.31 Å². The molecule has 0 saturated carbocycles. The zero-order chi connectivity index (χ0) is 16.2. The average molecular weight is 363 g/mol. The van der Waals surface area contributed by atoms with E-state index >= 15 is 0 Å². The molecule has 1 aromatic rings. The Bertz CT molecular complexity index is 567. The van der Waals surface area contributed by atoms with Gasteiger partial charge in [0.25, 0.3) is 0 Å². The maximum atomic E-state index is 12.6. The number of nitrogens with two attached hydrogens (primary N) is 1. The molecule has 1 aliphatic heterocycles. The van der Waals surface area contributed by atoms with E-state index < -0.39 is 10.0 Å². The molecule has 0 bridgehead atoms. The molecule has 1 heterocycles. The Balaban J connectivity index is 0.00000264. The standard InChI is InChI=1S/C16H26N2O3S.ClH/c1-13(2)9-12-21-15-3-5-16(6-4-15)22(19,20)18-10-7-14(17)8-11-18;/h3-6,13-14H,7-12,17H2,1-2H3;1H. The van der Waals surface area contributed by atoms with Gasteiger partial charge in [0, 0.05) is 19.1 Å². The molecule has 0 spiro atoms. The maximum Gasteiger partial charge on any atom is 0.243 e. The van der Waals surface area contributed by atoms with Crippen LogP contribution in [0.5, 0.6) is 5.75 Å². The van der Waals surface area contributed by atoms with Gasteiger partial charge in [0.2, 0.25) is 10.0 Å². The SMILES string of the molecule is CC(C)CCOc1ccc(S(=O)(=O)N2CCC(N)CC2)cc1.Cl. The van der Waals surface area contributed by atoms with Crippen molar-refractivity contribution >= 4 is 22.4 Å². The van der Waals surface area contributed by atoms with E-state index in [-0.39, 0.29) is 18.4 Å². The molecule has 0 aromatic heterocycles. The third-order valence-corrected chi connectivity index (χ3v) is 5.84. The van der Waals surface area contributed by atoms with E-state index in [2.05, 4.69) is 13.8 Å². The van der Waals surface area contributed by atoms with Crippen molar-refractivity contribution in [2.24, 2.45) is 11.7 Å². The van der Waals surface area contributed by atoms with E-state index in [0.717, 1.165) is 19.3 Å². The van der Waals surface area contributed by atoms with Gasteiger partial charge in [-0.15, -0.1) is 12.4 Å². The van der Waals surface area contributed by atoms with Crippen LogP contribution in [-0.4, -0.2) is 38.5 Å². The van der Waals surface area contributed by atoms with E-state index in [0.29, 0.717) is 36.3 Å². The van der Waals surface area contributed by atoms with Crippen molar-refractivity contribution in [2.75, 3.05) is 19.7 Å². The Labute approximate surface area is 145 Å². The summed E-state index contributed by atoms with van der Waals surface area (Å²) in [5.41, 5.74) is 5.83. The van der Waals surface area contributed by atoms with Crippen molar-refractivity contribution in [1.29, 1.82) is 0 Å². The molecule has 0 aliphatic carbocycles. The van der Waals surface area contributed by atoms with Crippen molar-refractivity contribution < 1.29 is 13.2 Å². The number of hydrogen-bond acceptors (Lipinski definition) is 4. The molecule has 23 heavy (non-hydrogen) atoms. The first-order valence-corrected chi connectivity index (χ1v) is 9.32. The third-order valence-electron chi connectivity index (χ3n) is 3.92. The van der Waals surface area contributed by atoms with E-state index in [1.807, 2.05) is 0 Å². The number of piperidine rings is 1. The highest BCUT2D eigenvalue weighted by molar-refractivity contribution is 7.89. The van der Waals surface area contributed by atoms with Crippen LogP contribution in [0.4, 0.5) is 0 Å². The quantitative estimate of drug-likeness (QED) is 0.844. The number of sulfonamides is 1. The minimum Gasteiger partial charge on any atom is -0.494 e. The molecule has 132 valence electrons. The van der Waals surface area contributed by atoms with Crippen LogP contribution in [0.2, 0.25) is 0 Å². The zero-order valence-corrected chi connectivity index (χ0v) is 15.4. The first-order valence-electron chi connectivity index (χ1n) is 7.88. The summed E-state index contributed by atoms with van der Waals surface area (Å²) in [6.45, 7) is 5.92. The number of hydrogen-bond donors (Lipinski definition) is 1. The van der Waals surface area contributed by atoms with Crippen LogP contribution in [0, 0.1) is 5.92 Å². The summed E-state index contributed by atoms with van der Waals surface area (Å²) in [5, 5.41) is 0. The summed E-state index contributed by atoms with van der Waals surface area (Å²) < 4.78 is 32.2. The second kappa shape index (κ2) is 8.87. The Morgan fingerprint density at radius 2 is 1.78 bits per heavy atom. The monoisotopic (exact) mass is 362 g/mol. The Morgan fingerprint density at radius 1 is 1.22 bits per heavy atom. The molecule has 0 radical (unpaired) electrons. The first-order chi connectivity index (χ1) is 10.4. The minimum absolute atomic E-state index is 0. The molecule has 7 heteroatoms. The van der Waals surface area contributed by atoms with Gasteiger partial charge >= 0.3 is 0 Å². The number of rotatable bonds is 6. The Morgan fingerprint density at radius 3 is 2.30 bits per heavy atom. The summed E-state index contributed by atoms with van der Waals surface area (Å²) in [7, 11) is -3.41. The molecule has 1 aromatic carbocycles. The fourth-order valence-electron chi connectivity index (χ4n) is 2.39. The fourth-order valence-corrected chi connectivity index (χ4v) is 3.86. The normalized spacial score (nSPS) is 17.0. The van der Waals surface area contributed by atoms with Crippen molar-refractivity contribution in [3.8, 4) is 5.75 Å². The molecule has 1 saturated heterocycles. The molecule has 0 unspecified atom stereocenters. The van der Waals surface area contributed by atoms with Crippen molar-refractivity contribution in [3.63, 3.8) is 0 Å². The lowest BCUT2D eigenvalue weighted by Crippen LogP contribution is -2.42. The van der Waals surface area contributed by atoms with Crippen molar-refractivity contribution in [2.45, 2.75) is 44.0 Å².